The van der Waals surface area contributed by atoms with Crippen LogP contribution >= 0.6 is 39.1 Å². The van der Waals surface area contributed by atoms with Gasteiger partial charge in [0, 0.05) is 27.7 Å². The van der Waals surface area contributed by atoms with Crippen molar-refractivity contribution in [3.63, 3.8) is 0 Å². The molecule has 3 aromatic rings. The topological polar surface area (TPSA) is 97.7 Å². The molecule has 1 aromatic heterocycles. The second-order valence-electron chi connectivity index (χ2n) is 5.45. The Hall–Kier alpha value is -2.68. The number of furan rings is 1. The molecule has 0 aliphatic rings. The van der Waals surface area contributed by atoms with Crippen LogP contribution in [0.1, 0.15) is 16.1 Å². The molecule has 1 amide bonds. The molecule has 28 heavy (non-hydrogen) atoms. The fourth-order valence-corrected chi connectivity index (χ4v) is 3.10. The van der Waals surface area contributed by atoms with Crippen LogP contribution in [-0.2, 0) is 0 Å². The van der Waals surface area contributed by atoms with Gasteiger partial charge in [0.1, 0.15) is 11.5 Å². The summed E-state index contributed by atoms with van der Waals surface area (Å²) in [4.78, 5) is 22.4. The number of amides is 1. The Labute approximate surface area is 177 Å². The van der Waals surface area contributed by atoms with Crippen LogP contribution in [0.25, 0.3) is 11.3 Å². The van der Waals surface area contributed by atoms with Crippen molar-refractivity contribution in [3.8, 4) is 11.3 Å². The van der Waals surface area contributed by atoms with Gasteiger partial charge < -0.3 is 4.42 Å². The third-order valence-corrected chi connectivity index (χ3v) is 4.99. The molecule has 0 fully saturated rings. The van der Waals surface area contributed by atoms with Gasteiger partial charge in [-0.1, -0.05) is 23.2 Å². The monoisotopic (exact) mass is 481 g/mol. The highest BCUT2D eigenvalue weighted by atomic mass is 79.9. The van der Waals surface area contributed by atoms with E-state index in [9.17, 15) is 14.9 Å². The maximum Gasteiger partial charge on any atom is 0.271 e. The summed E-state index contributed by atoms with van der Waals surface area (Å²) in [6.07, 6.45) is 1.33. The minimum atomic E-state index is -0.481. The molecule has 0 spiro atoms. The number of carbonyl (C=O) groups is 1. The first-order valence-corrected chi connectivity index (χ1v) is 9.22. The maximum absolute atomic E-state index is 12.0. The first kappa shape index (κ1) is 20.1. The van der Waals surface area contributed by atoms with Gasteiger partial charge in [0.2, 0.25) is 0 Å². The van der Waals surface area contributed by atoms with Crippen LogP contribution in [0.2, 0.25) is 10.0 Å². The SMILES string of the molecule is O=C(NN=Cc1ccc(-c2ccc([N+](=O)[O-])cc2Br)o1)c1ccc(Cl)c(Cl)c1. The van der Waals surface area contributed by atoms with Crippen molar-refractivity contribution in [1.29, 1.82) is 0 Å². The van der Waals surface area contributed by atoms with Crippen LogP contribution in [0.5, 0.6) is 0 Å². The number of hydrazone groups is 1. The average Bonchev–Trinajstić information content (AvgIpc) is 3.12. The number of hydrogen-bond donors (Lipinski definition) is 1. The Morgan fingerprint density at radius 2 is 1.93 bits per heavy atom. The van der Waals surface area contributed by atoms with E-state index in [4.69, 9.17) is 27.6 Å². The lowest BCUT2D eigenvalue weighted by atomic mass is 10.1. The molecular formula is C18H10BrCl2N3O4. The highest BCUT2D eigenvalue weighted by Gasteiger charge is 2.13. The summed E-state index contributed by atoms with van der Waals surface area (Å²) in [5.74, 6) is 0.411. The molecule has 0 atom stereocenters. The molecular weight excluding hydrogens is 473 g/mol. The van der Waals surface area contributed by atoms with E-state index in [0.717, 1.165) is 0 Å². The molecule has 0 bridgehead atoms. The second kappa shape index (κ2) is 8.55. The standard InChI is InChI=1S/C18H10BrCl2N3O4/c19-14-8-11(24(26)27)2-4-13(14)17-6-3-12(28-17)9-22-23-18(25)10-1-5-15(20)16(21)7-10/h1-9H,(H,23,25). The largest absolute Gasteiger partial charge is 0.455 e. The number of rotatable bonds is 5. The van der Waals surface area contributed by atoms with E-state index in [0.29, 0.717) is 32.1 Å². The lowest BCUT2D eigenvalue weighted by molar-refractivity contribution is -0.384. The van der Waals surface area contributed by atoms with E-state index in [-0.39, 0.29) is 10.7 Å². The highest BCUT2D eigenvalue weighted by molar-refractivity contribution is 9.10. The molecule has 1 N–H and O–H groups in total. The van der Waals surface area contributed by atoms with Crippen molar-refractivity contribution < 1.29 is 14.1 Å². The predicted molar refractivity (Wildman–Crippen MR) is 110 cm³/mol. The maximum atomic E-state index is 12.0. The van der Waals surface area contributed by atoms with Crippen molar-refractivity contribution in [2.24, 2.45) is 5.10 Å². The van der Waals surface area contributed by atoms with Crippen LogP contribution in [0.15, 0.2) is 62.5 Å². The van der Waals surface area contributed by atoms with E-state index >= 15 is 0 Å². The van der Waals surface area contributed by atoms with Crippen LogP contribution in [0.3, 0.4) is 0 Å². The lowest BCUT2D eigenvalue weighted by Gasteiger charge is -2.01. The van der Waals surface area contributed by atoms with Gasteiger partial charge in [0.05, 0.1) is 21.2 Å². The van der Waals surface area contributed by atoms with Gasteiger partial charge in [0.25, 0.3) is 11.6 Å². The van der Waals surface area contributed by atoms with Crippen molar-refractivity contribution in [2.75, 3.05) is 0 Å². The molecule has 10 heteroatoms. The predicted octanol–water partition coefficient (Wildman–Crippen LogP) is 5.69. The summed E-state index contributed by atoms with van der Waals surface area (Å²) in [6, 6.07) is 12.2. The summed E-state index contributed by atoms with van der Waals surface area (Å²) < 4.78 is 6.16. The molecule has 0 radical (unpaired) electrons. The van der Waals surface area contributed by atoms with Gasteiger partial charge in [-0.05, 0) is 52.3 Å². The fraction of sp³-hybridized carbons (Fsp3) is 0. The quantitative estimate of drug-likeness (QED) is 0.287. The van der Waals surface area contributed by atoms with E-state index in [1.807, 2.05) is 0 Å². The minimum Gasteiger partial charge on any atom is -0.455 e. The molecule has 0 saturated carbocycles. The second-order valence-corrected chi connectivity index (χ2v) is 7.12. The van der Waals surface area contributed by atoms with Gasteiger partial charge in [0.15, 0.2) is 0 Å². The van der Waals surface area contributed by atoms with Gasteiger partial charge >= 0.3 is 0 Å². The fourth-order valence-electron chi connectivity index (χ4n) is 2.24. The zero-order chi connectivity index (χ0) is 20.3. The summed E-state index contributed by atoms with van der Waals surface area (Å²) in [5, 5.41) is 15.3. The number of halogens is 3. The molecule has 2 aromatic carbocycles. The van der Waals surface area contributed by atoms with Gasteiger partial charge in [-0.2, -0.15) is 5.10 Å². The Kier molecular flexibility index (Phi) is 6.13. The first-order chi connectivity index (χ1) is 13.3. The third-order valence-electron chi connectivity index (χ3n) is 3.60. The Balaban J connectivity index is 1.70. The van der Waals surface area contributed by atoms with Crippen molar-refractivity contribution in [3.05, 3.63) is 84.5 Å². The van der Waals surface area contributed by atoms with Gasteiger partial charge in [-0.3, -0.25) is 14.9 Å². The minimum absolute atomic E-state index is 0.0333. The summed E-state index contributed by atoms with van der Waals surface area (Å²) in [5.41, 5.74) is 3.28. The summed E-state index contributed by atoms with van der Waals surface area (Å²) in [7, 11) is 0. The number of nitrogens with zero attached hydrogens (tertiary/aromatic N) is 2. The summed E-state index contributed by atoms with van der Waals surface area (Å²) >= 11 is 15.0. The van der Waals surface area contributed by atoms with Crippen molar-refractivity contribution in [2.45, 2.75) is 0 Å². The van der Waals surface area contributed by atoms with Crippen molar-refractivity contribution >= 4 is 56.9 Å². The third kappa shape index (κ3) is 4.59. The van der Waals surface area contributed by atoms with Crippen molar-refractivity contribution in [1.82, 2.24) is 5.43 Å². The van der Waals surface area contributed by atoms with E-state index in [2.05, 4.69) is 26.5 Å². The van der Waals surface area contributed by atoms with Crippen LogP contribution in [0.4, 0.5) is 5.69 Å². The van der Waals surface area contributed by atoms with Crippen LogP contribution in [0, 0.1) is 10.1 Å². The van der Waals surface area contributed by atoms with Crippen LogP contribution < -0.4 is 5.43 Å². The van der Waals surface area contributed by atoms with E-state index in [1.165, 1.54) is 36.5 Å². The lowest BCUT2D eigenvalue weighted by Crippen LogP contribution is -2.17. The molecule has 0 aliphatic carbocycles. The number of non-ortho nitro benzene ring substituents is 1. The Morgan fingerprint density at radius 1 is 1.14 bits per heavy atom. The zero-order valence-electron chi connectivity index (χ0n) is 13.9. The number of hydrogen-bond acceptors (Lipinski definition) is 5. The molecule has 0 unspecified atom stereocenters. The molecule has 142 valence electrons. The molecule has 0 aliphatic heterocycles. The number of nitro groups is 1. The molecule has 0 saturated heterocycles. The number of nitro benzene ring substituents is 1. The average molecular weight is 483 g/mol. The first-order valence-electron chi connectivity index (χ1n) is 7.68. The normalized spacial score (nSPS) is 11.0. The number of nitrogens with one attached hydrogen (secondary N) is 1. The number of benzene rings is 2. The van der Waals surface area contributed by atoms with Gasteiger partial charge in [-0.25, -0.2) is 5.43 Å². The molecule has 7 nitrogen and oxygen atoms in total. The zero-order valence-corrected chi connectivity index (χ0v) is 17.0. The van der Waals surface area contributed by atoms with Crippen LogP contribution in [-0.4, -0.2) is 17.0 Å². The van der Waals surface area contributed by atoms with Gasteiger partial charge in [-0.15, -0.1) is 0 Å². The Bertz CT molecular complexity index is 1100. The van der Waals surface area contributed by atoms with E-state index < -0.39 is 10.8 Å². The molecule has 3 rings (SSSR count). The Morgan fingerprint density at radius 3 is 2.61 bits per heavy atom. The van der Waals surface area contributed by atoms with E-state index in [1.54, 1.807) is 18.2 Å². The smallest absolute Gasteiger partial charge is 0.271 e. The molecule has 1 heterocycles. The highest BCUT2D eigenvalue weighted by Crippen LogP contribution is 2.32. The summed E-state index contributed by atoms with van der Waals surface area (Å²) in [6.45, 7) is 0. The number of carbonyl (C=O) groups excluding carboxylic acids is 1.